The molecule has 8 heteroatoms. The van der Waals surface area contributed by atoms with Gasteiger partial charge in [-0.3, -0.25) is 4.79 Å². The van der Waals surface area contributed by atoms with Crippen molar-refractivity contribution in [1.82, 2.24) is 10.3 Å². The topological polar surface area (TPSA) is 98.7 Å². The molecule has 0 unspecified atom stereocenters. The number of hydrogen-bond donors (Lipinski definition) is 2. The lowest BCUT2D eigenvalue weighted by Crippen LogP contribution is -2.34. The first-order chi connectivity index (χ1) is 14.4. The van der Waals surface area contributed by atoms with Gasteiger partial charge in [0, 0.05) is 22.1 Å². The van der Waals surface area contributed by atoms with Gasteiger partial charge in [-0.25, -0.2) is 4.98 Å². The molecule has 3 aromatic carbocycles. The van der Waals surface area contributed by atoms with Crippen LogP contribution >= 0.6 is 28.1 Å². The highest BCUT2D eigenvalue weighted by Gasteiger charge is 2.13. The number of benzene rings is 3. The normalized spacial score (nSPS) is 10.8. The number of carbonyl (C=O) groups excluding carboxylic acids is 1. The number of thiocarbonyl (C=S) groups is 1. The minimum Gasteiger partial charge on any atom is -0.436 e. The number of hydrogen-bond acceptors (Lipinski definition) is 4. The fourth-order valence-corrected chi connectivity index (χ4v) is 4.02. The van der Waals surface area contributed by atoms with Crippen molar-refractivity contribution in [2.24, 2.45) is 5.92 Å². The van der Waals surface area contributed by atoms with E-state index in [1.165, 1.54) is 0 Å². The molecule has 4 N–H and O–H groups in total. The summed E-state index contributed by atoms with van der Waals surface area (Å²) < 4.78 is 7.04. The van der Waals surface area contributed by atoms with Gasteiger partial charge in [0.1, 0.15) is 5.52 Å². The Labute approximate surface area is 193 Å². The standard InChI is InChI=1S/C23H20BrN3O2S.H2O/c1-13(2)11-21(28)27-23(30)25-14-9-10-20-19(12-14)26-22(29-20)17-7-3-6-16-15(17)5-4-8-18(16)24;/h3-10,12-13H,11H2,1-2H3,(H2,25,27,28,30);1H2. The highest BCUT2D eigenvalue weighted by atomic mass is 79.9. The Kier molecular flexibility index (Phi) is 7.04. The van der Waals surface area contributed by atoms with Gasteiger partial charge in [0.15, 0.2) is 10.7 Å². The van der Waals surface area contributed by atoms with E-state index in [9.17, 15) is 4.79 Å². The Balaban J connectivity index is 0.00000272. The zero-order chi connectivity index (χ0) is 21.3. The Morgan fingerprint density at radius 1 is 1.13 bits per heavy atom. The maximum atomic E-state index is 11.9. The van der Waals surface area contributed by atoms with Crippen molar-refractivity contribution >= 4 is 66.7 Å². The van der Waals surface area contributed by atoms with Crippen LogP contribution in [-0.2, 0) is 4.79 Å². The fraction of sp³-hybridized carbons (Fsp3) is 0.174. The quantitative estimate of drug-likeness (QED) is 0.364. The fourth-order valence-electron chi connectivity index (χ4n) is 3.29. The third kappa shape index (κ3) is 5.10. The molecule has 160 valence electrons. The number of rotatable bonds is 4. The van der Waals surface area contributed by atoms with E-state index in [1.54, 1.807) is 0 Å². The average Bonchev–Trinajstić information content (AvgIpc) is 3.10. The first-order valence-corrected chi connectivity index (χ1v) is 10.8. The molecule has 0 spiro atoms. The molecule has 0 radical (unpaired) electrons. The third-order valence-electron chi connectivity index (χ3n) is 4.59. The zero-order valence-corrected chi connectivity index (χ0v) is 19.4. The summed E-state index contributed by atoms with van der Waals surface area (Å²) in [6, 6.07) is 17.6. The number of nitrogens with one attached hydrogen (secondary N) is 2. The lowest BCUT2D eigenvalue weighted by atomic mass is 10.0. The van der Waals surface area contributed by atoms with E-state index >= 15 is 0 Å². The monoisotopic (exact) mass is 499 g/mol. The van der Waals surface area contributed by atoms with Gasteiger partial charge in [0.25, 0.3) is 0 Å². The van der Waals surface area contributed by atoms with Crippen LogP contribution in [0.5, 0.6) is 0 Å². The van der Waals surface area contributed by atoms with Crippen LogP contribution in [0.25, 0.3) is 33.3 Å². The van der Waals surface area contributed by atoms with Crippen molar-refractivity contribution in [2.75, 3.05) is 5.32 Å². The maximum absolute atomic E-state index is 11.9. The second-order valence-electron chi connectivity index (χ2n) is 7.44. The Hall–Kier alpha value is -2.81. The van der Waals surface area contributed by atoms with Crippen LogP contribution in [0.2, 0.25) is 0 Å². The van der Waals surface area contributed by atoms with E-state index in [-0.39, 0.29) is 22.4 Å². The van der Waals surface area contributed by atoms with Crippen molar-refractivity contribution in [3.8, 4) is 11.5 Å². The second-order valence-corrected chi connectivity index (χ2v) is 8.70. The molecule has 1 amide bonds. The Morgan fingerprint density at radius 2 is 1.87 bits per heavy atom. The van der Waals surface area contributed by atoms with Crippen LogP contribution in [-0.4, -0.2) is 21.5 Å². The van der Waals surface area contributed by atoms with E-state index in [4.69, 9.17) is 16.6 Å². The lowest BCUT2D eigenvalue weighted by molar-refractivity contribution is -0.120. The molecule has 31 heavy (non-hydrogen) atoms. The summed E-state index contributed by atoms with van der Waals surface area (Å²) in [4.78, 5) is 16.6. The van der Waals surface area contributed by atoms with Crippen LogP contribution in [0.1, 0.15) is 20.3 Å². The smallest absolute Gasteiger partial charge is 0.227 e. The van der Waals surface area contributed by atoms with Crippen LogP contribution in [0.15, 0.2) is 63.5 Å². The summed E-state index contributed by atoms with van der Waals surface area (Å²) in [5.74, 6) is 0.723. The molecule has 1 heterocycles. The minimum absolute atomic E-state index is 0. The molecule has 6 nitrogen and oxygen atoms in total. The van der Waals surface area contributed by atoms with E-state index in [0.717, 1.165) is 26.5 Å². The largest absolute Gasteiger partial charge is 0.436 e. The summed E-state index contributed by atoms with van der Waals surface area (Å²) >= 11 is 8.84. The highest BCUT2D eigenvalue weighted by Crippen LogP contribution is 2.34. The predicted octanol–water partition coefficient (Wildman–Crippen LogP) is 5.44. The zero-order valence-electron chi connectivity index (χ0n) is 17.0. The molecule has 0 aliphatic carbocycles. The van der Waals surface area contributed by atoms with Crippen molar-refractivity contribution in [1.29, 1.82) is 0 Å². The van der Waals surface area contributed by atoms with Gasteiger partial charge in [0.2, 0.25) is 11.8 Å². The molecule has 0 atom stereocenters. The number of amides is 1. The van der Waals surface area contributed by atoms with E-state index in [1.807, 2.05) is 56.3 Å². The predicted molar refractivity (Wildman–Crippen MR) is 132 cm³/mol. The van der Waals surface area contributed by atoms with Crippen LogP contribution in [0.3, 0.4) is 0 Å². The number of oxazole rings is 1. The van der Waals surface area contributed by atoms with Gasteiger partial charge in [-0.1, -0.05) is 54.0 Å². The summed E-state index contributed by atoms with van der Waals surface area (Å²) in [7, 11) is 0. The summed E-state index contributed by atoms with van der Waals surface area (Å²) in [6.07, 6.45) is 0.425. The van der Waals surface area contributed by atoms with Crippen molar-refractivity contribution < 1.29 is 14.7 Å². The second kappa shape index (κ2) is 9.55. The minimum atomic E-state index is -0.102. The number of fused-ring (bicyclic) bond motifs is 2. The molecule has 0 fully saturated rings. The molecular formula is C23H22BrN3O3S. The van der Waals surface area contributed by atoms with Gasteiger partial charge in [-0.05, 0) is 59.2 Å². The van der Waals surface area contributed by atoms with Crippen LogP contribution in [0.4, 0.5) is 5.69 Å². The van der Waals surface area contributed by atoms with Gasteiger partial charge in [-0.15, -0.1) is 0 Å². The van der Waals surface area contributed by atoms with Crippen LogP contribution < -0.4 is 10.6 Å². The van der Waals surface area contributed by atoms with E-state index in [2.05, 4.69) is 43.7 Å². The molecule has 4 aromatic rings. The van der Waals surface area contributed by atoms with Gasteiger partial charge in [0.05, 0.1) is 0 Å². The number of halogens is 1. The number of aromatic nitrogens is 1. The number of anilines is 1. The summed E-state index contributed by atoms with van der Waals surface area (Å²) in [5.41, 5.74) is 3.05. The van der Waals surface area contributed by atoms with Crippen molar-refractivity contribution in [3.05, 3.63) is 59.1 Å². The SMILES string of the molecule is CC(C)CC(=O)NC(=S)Nc1ccc2oc(-c3cccc4c(Br)cccc34)nc2c1.O. The number of nitrogens with zero attached hydrogens (tertiary/aromatic N) is 1. The Bertz CT molecular complexity index is 1270. The summed E-state index contributed by atoms with van der Waals surface area (Å²) in [6.45, 7) is 3.97. The number of carbonyl (C=O) groups is 1. The third-order valence-corrected chi connectivity index (χ3v) is 5.49. The highest BCUT2D eigenvalue weighted by molar-refractivity contribution is 9.10. The average molecular weight is 500 g/mol. The van der Waals surface area contributed by atoms with Gasteiger partial charge in [-0.2, -0.15) is 0 Å². The molecule has 0 saturated carbocycles. The van der Waals surface area contributed by atoms with Crippen LogP contribution in [0, 0.1) is 5.92 Å². The molecule has 0 aliphatic heterocycles. The van der Waals surface area contributed by atoms with E-state index in [0.29, 0.717) is 23.4 Å². The molecular weight excluding hydrogens is 478 g/mol. The summed E-state index contributed by atoms with van der Waals surface area (Å²) in [5, 5.41) is 8.16. The Morgan fingerprint density at radius 3 is 2.65 bits per heavy atom. The van der Waals surface area contributed by atoms with Crippen molar-refractivity contribution in [2.45, 2.75) is 20.3 Å². The molecule has 4 rings (SSSR count). The van der Waals surface area contributed by atoms with Gasteiger partial charge >= 0.3 is 0 Å². The van der Waals surface area contributed by atoms with Gasteiger partial charge < -0.3 is 20.5 Å². The first kappa shape index (κ1) is 22.9. The van der Waals surface area contributed by atoms with Crippen molar-refractivity contribution in [3.63, 3.8) is 0 Å². The van der Waals surface area contributed by atoms with E-state index < -0.39 is 0 Å². The lowest BCUT2D eigenvalue weighted by Gasteiger charge is -2.10. The molecule has 0 saturated heterocycles. The first-order valence-electron chi connectivity index (χ1n) is 9.60. The maximum Gasteiger partial charge on any atom is 0.227 e. The molecule has 0 bridgehead atoms. The molecule has 0 aliphatic rings. The molecule has 1 aromatic heterocycles.